The number of hydrogen-bond acceptors (Lipinski definition) is 4. The Morgan fingerprint density at radius 1 is 0.250 bits per heavy atom. The van der Waals surface area contributed by atoms with E-state index in [-0.39, 0.29) is 0 Å². The van der Waals surface area contributed by atoms with Crippen LogP contribution in [0.25, 0.3) is 78.5 Å². The fraction of sp³-hybridized carbons (Fsp3) is 0. The van der Waals surface area contributed by atoms with Crippen LogP contribution in [-0.4, -0.2) is 10.2 Å². The van der Waals surface area contributed by atoms with Gasteiger partial charge in [0.15, 0.2) is 0 Å². The Kier molecular flexibility index (Phi) is 9.92. The summed E-state index contributed by atoms with van der Waals surface area (Å²) in [6, 6.07) is 83.1. The second-order valence-electron chi connectivity index (χ2n) is 14.7. The van der Waals surface area contributed by atoms with Gasteiger partial charge in [-0.15, -0.1) is 10.2 Å². The molecule has 0 unspecified atom stereocenters. The lowest BCUT2D eigenvalue weighted by Crippen LogP contribution is -2.09. The van der Waals surface area contributed by atoms with Crippen molar-refractivity contribution in [3.8, 4) is 78.5 Å². The molecule has 60 heavy (non-hydrogen) atoms. The van der Waals surface area contributed by atoms with Gasteiger partial charge in [0.2, 0.25) is 11.8 Å². The topological polar surface area (TPSA) is 42.2 Å². The van der Waals surface area contributed by atoms with Crippen LogP contribution in [0.3, 0.4) is 0 Å². The third kappa shape index (κ3) is 7.42. The van der Waals surface area contributed by atoms with Crippen molar-refractivity contribution in [3.63, 3.8) is 0 Å². The Hall–Kier alpha value is -8.08. The largest absolute Gasteiger partial charge is 0.416 e. The molecule has 0 N–H and O–H groups in total. The highest BCUT2D eigenvalue weighted by molar-refractivity contribution is 5.92. The van der Waals surface area contributed by atoms with Crippen LogP contribution in [0.1, 0.15) is 0 Å². The highest BCUT2D eigenvalue weighted by atomic mass is 16.4. The van der Waals surface area contributed by atoms with Gasteiger partial charge < -0.3 is 9.32 Å². The lowest BCUT2D eigenvalue weighted by molar-refractivity contribution is 0.584. The van der Waals surface area contributed by atoms with Gasteiger partial charge in [-0.25, -0.2) is 0 Å². The molecule has 4 nitrogen and oxygen atoms in total. The van der Waals surface area contributed by atoms with Gasteiger partial charge in [-0.3, -0.25) is 0 Å². The Morgan fingerprint density at radius 2 is 0.583 bits per heavy atom. The molecule has 4 heteroatoms. The standard InChI is InChI=1S/C56H39N3O/c1-4-15-40(16-5-1)46-19-14-20-47(39-46)41-31-35-49(36-32-41)59(48-21-8-3-9-22-48)50-37-33-43(34-38-50)52-24-11-13-26-54(52)53-25-12-10-23-51(53)42-27-29-45(30-28-42)56-58-57-55(60-56)44-17-6-2-7-18-44/h1-39H. The maximum atomic E-state index is 6.04. The van der Waals surface area contributed by atoms with E-state index in [2.05, 4.69) is 221 Å². The summed E-state index contributed by atoms with van der Waals surface area (Å²) in [5.74, 6) is 1.00. The third-order valence-corrected chi connectivity index (χ3v) is 10.9. The van der Waals surface area contributed by atoms with Crippen LogP contribution in [-0.2, 0) is 0 Å². The molecule has 1 heterocycles. The maximum Gasteiger partial charge on any atom is 0.248 e. The van der Waals surface area contributed by atoms with E-state index in [0.29, 0.717) is 11.8 Å². The summed E-state index contributed by atoms with van der Waals surface area (Å²) in [6.45, 7) is 0. The summed E-state index contributed by atoms with van der Waals surface area (Å²) < 4.78 is 6.04. The van der Waals surface area contributed by atoms with Gasteiger partial charge in [0.05, 0.1) is 0 Å². The van der Waals surface area contributed by atoms with E-state index in [1.165, 1.54) is 33.4 Å². The van der Waals surface area contributed by atoms with Crippen LogP contribution >= 0.6 is 0 Å². The van der Waals surface area contributed by atoms with E-state index in [9.17, 15) is 0 Å². The average molecular weight is 770 g/mol. The van der Waals surface area contributed by atoms with Crippen molar-refractivity contribution in [2.24, 2.45) is 0 Å². The van der Waals surface area contributed by atoms with Gasteiger partial charge in [0.1, 0.15) is 0 Å². The van der Waals surface area contributed by atoms with Gasteiger partial charge in [-0.05, 0) is 122 Å². The number of hydrogen-bond donors (Lipinski definition) is 0. The molecule has 284 valence electrons. The van der Waals surface area contributed by atoms with Gasteiger partial charge in [0, 0.05) is 28.2 Å². The molecule has 0 aliphatic carbocycles. The predicted molar refractivity (Wildman–Crippen MR) is 247 cm³/mol. The molecule has 0 aliphatic heterocycles. The van der Waals surface area contributed by atoms with Crippen molar-refractivity contribution in [2.45, 2.75) is 0 Å². The molecule has 1 aromatic heterocycles. The molecule has 0 bridgehead atoms. The number of aromatic nitrogens is 2. The number of benzene rings is 9. The monoisotopic (exact) mass is 769 g/mol. The smallest absolute Gasteiger partial charge is 0.248 e. The fourth-order valence-electron chi connectivity index (χ4n) is 7.90. The first-order chi connectivity index (χ1) is 29.7. The van der Waals surface area contributed by atoms with Crippen molar-refractivity contribution in [3.05, 3.63) is 237 Å². The number of anilines is 3. The van der Waals surface area contributed by atoms with Crippen molar-refractivity contribution in [2.75, 3.05) is 4.90 Å². The lowest BCUT2D eigenvalue weighted by Gasteiger charge is -2.26. The summed E-state index contributed by atoms with van der Waals surface area (Å²) in [5.41, 5.74) is 16.7. The van der Waals surface area contributed by atoms with Crippen LogP contribution in [0.2, 0.25) is 0 Å². The highest BCUT2D eigenvalue weighted by Crippen LogP contribution is 2.41. The molecule has 0 saturated heterocycles. The Bertz CT molecular complexity index is 3000. The van der Waals surface area contributed by atoms with Crippen molar-refractivity contribution < 1.29 is 4.42 Å². The first-order valence-electron chi connectivity index (χ1n) is 20.1. The SMILES string of the molecule is c1ccc(-c2cccc(-c3ccc(N(c4ccccc4)c4ccc(-c5ccccc5-c5ccccc5-c5ccc(-c6nnc(-c7ccccc7)o6)cc5)cc4)cc3)c2)cc1. The predicted octanol–water partition coefficient (Wildman–Crippen LogP) is 15.2. The van der Waals surface area contributed by atoms with Gasteiger partial charge >= 0.3 is 0 Å². The molecule has 10 aromatic rings. The van der Waals surface area contributed by atoms with E-state index in [1.807, 2.05) is 30.3 Å². The molecule has 0 radical (unpaired) electrons. The first-order valence-corrected chi connectivity index (χ1v) is 20.1. The summed E-state index contributed by atoms with van der Waals surface area (Å²) in [4.78, 5) is 2.32. The Morgan fingerprint density at radius 3 is 1.10 bits per heavy atom. The Balaban J connectivity index is 0.941. The Labute approximate surface area is 350 Å². The normalized spacial score (nSPS) is 11.0. The minimum atomic E-state index is 0.495. The van der Waals surface area contributed by atoms with Crippen LogP contribution in [0.15, 0.2) is 241 Å². The first kappa shape index (κ1) is 36.3. The summed E-state index contributed by atoms with van der Waals surface area (Å²) >= 11 is 0. The zero-order chi connectivity index (χ0) is 40.1. The number of nitrogens with zero attached hydrogens (tertiary/aromatic N) is 3. The lowest BCUT2D eigenvalue weighted by atomic mass is 9.89. The molecular formula is C56H39N3O. The van der Waals surface area contributed by atoms with Crippen molar-refractivity contribution in [1.82, 2.24) is 10.2 Å². The molecule has 0 fully saturated rings. The average Bonchev–Trinajstić information content (AvgIpc) is 3.84. The molecule has 0 aliphatic rings. The van der Waals surface area contributed by atoms with E-state index in [1.54, 1.807) is 0 Å². The summed E-state index contributed by atoms with van der Waals surface area (Å²) in [7, 11) is 0. The van der Waals surface area contributed by atoms with Gasteiger partial charge in [-0.1, -0.05) is 170 Å². The number of rotatable bonds is 10. The maximum absolute atomic E-state index is 6.04. The minimum absolute atomic E-state index is 0.495. The van der Waals surface area contributed by atoms with E-state index >= 15 is 0 Å². The molecule has 0 spiro atoms. The quantitative estimate of drug-likeness (QED) is 0.139. The molecule has 9 aromatic carbocycles. The minimum Gasteiger partial charge on any atom is -0.416 e. The van der Waals surface area contributed by atoms with Gasteiger partial charge in [0.25, 0.3) is 0 Å². The highest BCUT2D eigenvalue weighted by Gasteiger charge is 2.17. The van der Waals surface area contributed by atoms with Crippen LogP contribution in [0.4, 0.5) is 17.1 Å². The summed E-state index contributed by atoms with van der Waals surface area (Å²) in [5, 5.41) is 8.62. The van der Waals surface area contributed by atoms with E-state index in [4.69, 9.17) is 4.42 Å². The van der Waals surface area contributed by atoms with Crippen LogP contribution in [0, 0.1) is 0 Å². The van der Waals surface area contributed by atoms with Crippen molar-refractivity contribution in [1.29, 1.82) is 0 Å². The van der Waals surface area contributed by atoms with E-state index < -0.39 is 0 Å². The molecular weight excluding hydrogens is 731 g/mol. The molecule has 0 amide bonds. The van der Waals surface area contributed by atoms with Crippen LogP contribution < -0.4 is 4.90 Å². The zero-order valence-corrected chi connectivity index (χ0v) is 32.8. The summed E-state index contributed by atoms with van der Waals surface area (Å²) in [6.07, 6.45) is 0. The van der Waals surface area contributed by atoms with Gasteiger partial charge in [-0.2, -0.15) is 0 Å². The second-order valence-corrected chi connectivity index (χ2v) is 14.7. The van der Waals surface area contributed by atoms with Crippen LogP contribution in [0.5, 0.6) is 0 Å². The fourth-order valence-corrected chi connectivity index (χ4v) is 7.90. The van der Waals surface area contributed by atoms with Crippen molar-refractivity contribution >= 4 is 17.1 Å². The second kappa shape index (κ2) is 16.4. The molecule has 0 saturated carbocycles. The molecule has 0 atom stereocenters. The van der Waals surface area contributed by atoms with E-state index in [0.717, 1.165) is 50.4 Å². The number of para-hydroxylation sites is 1. The molecule has 10 rings (SSSR count). The zero-order valence-electron chi connectivity index (χ0n) is 32.8. The third-order valence-electron chi connectivity index (χ3n) is 10.9.